The van der Waals surface area contributed by atoms with Crippen molar-refractivity contribution in [2.24, 2.45) is 0 Å². The molecule has 3 heteroatoms. The number of carbonyl (C=O) groups is 1. The molecule has 0 unspecified atom stereocenters. The zero-order valence-electron chi connectivity index (χ0n) is 8.07. The predicted octanol–water partition coefficient (Wildman–Crippen LogP) is 1.21. The SMILES string of the molecule is C=C.O=C(NCCO)c1ccccc1. The number of rotatable bonds is 3. The van der Waals surface area contributed by atoms with Crippen molar-refractivity contribution < 1.29 is 9.90 Å². The molecule has 0 radical (unpaired) electrons. The second kappa shape index (κ2) is 8.01. The molecule has 1 rings (SSSR count). The third-order valence-electron chi connectivity index (χ3n) is 1.43. The Kier molecular flexibility index (Phi) is 7.09. The number of hydrogen-bond donors (Lipinski definition) is 2. The van der Waals surface area contributed by atoms with Crippen LogP contribution in [0.5, 0.6) is 0 Å². The van der Waals surface area contributed by atoms with E-state index >= 15 is 0 Å². The number of amides is 1. The minimum Gasteiger partial charge on any atom is -0.395 e. The summed E-state index contributed by atoms with van der Waals surface area (Å²) in [6, 6.07) is 8.91. The molecule has 2 N–H and O–H groups in total. The monoisotopic (exact) mass is 193 g/mol. The van der Waals surface area contributed by atoms with Crippen LogP contribution in [0.1, 0.15) is 10.4 Å². The Morgan fingerprint density at radius 2 is 1.86 bits per heavy atom. The normalized spacial score (nSPS) is 8.36. The molecule has 1 amide bonds. The lowest BCUT2D eigenvalue weighted by atomic mass is 10.2. The van der Waals surface area contributed by atoms with Gasteiger partial charge in [-0.1, -0.05) is 18.2 Å². The number of aliphatic hydroxyl groups excluding tert-OH is 1. The fourth-order valence-corrected chi connectivity index (χ4v) is 0.861. The zero-order valence-corrected chi connectivity index (χ0v) is 8.07. The third kappa shape index (κ3) is 4.42. The first-order valence-corrected chi connectivity index (χ1v) is 4.28. The quantitative estimate of drug-likeness (QED) is 0.709. The average Bonchev–Trinajstić information content (AvgIpc) is 2.30. The fourth-order valence-electron chi connectivity index (χ4n) is 0.861. The van der Waals surface area contributed by atoms with Gasteiger partial charge in [0.15, 0.2) is 0 Å². The second-order valence-corrected chi connectivity index (χ2v) is 2.35. The Bertz CT molecular complexity index is 259. The van der Waals surface area contributed by atoms with Crippen molar-refractivity contribution in [3.05, 3.63) is 49.1 Å². The van der Waals surface area contributed by atoms with Gasteiger partial charge in [-0.05, 0) is 12.1 Å². The van der Waals surface area contributed by atoms with E-state index in [4.69, 9.17) is 5.11 Å². The van der Waals surface area contributed by atoms with Gasteiger partial charge in [0.1, 0.15) is 0 Å². The van der Waals surface area contributed by atoms with Crippen LogP contribution in [0.4, 0.5) is 0 Å². The lowest BCUT2D eigenvalue weighted by Crippen LogP contribution is -2.26. The molecule has 1 aromatic carbocycles. The molecule has 1 aromatic rings. The molecule has 76 valence electrons. The lowest BCUT2D eigenvalue weighted by Gasteiger charge is -2.01. The molecule has 14 heavy (non-hydrogen) atoms. The molecular weight excluding hydrogens is 178 g/mol. The zero-order chi connectivity index (χ0) is 10.8. The van der Waals surface area contributed by atoms with Crippen molar-refractivity contribution in [1.29, 1.82) is 0 Å². The highest BCUT2D eigenvalue weighted by molar-refractivity contribution is 5.94. The largest absolute Gasteiger partial charge is 0.395 e. The van der Waals surface area contributed by atoms with Crippen molar-refractivity contribution in [3.63, 3.8) is 0 Å². The van der Waals surface area contributed by atoms with E-state index in [0.29, 0.717) is 12.1 Å². The molecule has 0 saturated carbocycles. The number of carbonyl (C=O) groups excluding carboxylic acids is 1. The van der Waals surface area contributed by atoms with Gasteiger partial charge >= 0.3 is 0 Å². The van der Waals surface area contributed by atoms with Crippen molar-refractivity contribution >= 4 is 5.91 Å². The van der Waals surface area contributed by atoms with E-state index in [1.54, 1.807) is 24.3 Å². The predicted molar refractivity (Wildman–Crippen MR) is 57.1 cm³/mol. The van der Waals surface area contributed by atoms with Crippen LogP contribution in [0.2, 0.25) is 0 Å². The molecular formula is C11H15NO2. The Hall–Kier alpha value is -1.61. The van der Waals surface area contributed by atoms with Crippen LogP contribution < -0.4 is 5.32 Å². The molecule has 0 aromatic heterocycles. The van der Waals surface area contributed by atoms with Crippen LogP contribution in [0.15, 0.2) is 43.5 Å². The first kappa shape index (κ1) is 12.4. The maximum Gasteiger partial charge on any atom is 0.251 e. The molecule has 0 saturated heterocycles. The van der Waals surface area contributed by atoms with E-state index in [1.807, 2.05) is 6.07 Å². The van der Waals surface area contributed by atoms with Crippen LogP contribution in [0.3, 0.4) is 0 Å². The lowest BCUT2D eigenvalue weighted by molar-refractivity contribution is 0.0945. The smallest absolute Gasteiger partial charge is 0.251 e. The first-order chi connectivity index (χ1) is 6.84. The Balaban J connectivity index is 0.000000791. The molecule has 0 atom stereocenters. The van der Waals surface area contributed by atoms with Crippen LogP contribution >= 0.6 is 0 Å². The van der Waals surface area contributed by atoms with Gasteiger partial charge in [0, 0.05) is 12.1 Å². The summed E-state index contributed by atoms with van der Waals surface area (Å²) in [6.07, 6.45) is 0. The number of benzene rings is 1. The van der Waals surface area contributed by atoms with Crippen molar-refractivity contribution in [1.82, 2.24) is 5.32 Å². The Labute approximate surface area is 84.1 Å². The molecule has 0 bridgehead atoms. The van der Waals surface area contributed by atoms with Gasteiger partial charge in [0.05, 0.1) is 6.61 Å². The van der Waals surface area contributed by atoms with Gasteiger partial charge in [-0.3, -0.25) is 4.79 Å². The van der Waals surface area contributed by atoms with E-state index in [-0.39, 0.29) is 12.5 Å². The minimum absolute atomic E-state index is 0.0292. The molecule has 0 spiro atoms. The van der Waals surface area contributed by atoms with Crippen LogP contribution in [0, 0.1) is 0 Å². The molecule has 0 aliphatic rings. The summed E-state index contributed by atoms with van der Waals surface area (Å²) in [6.45, 7) is 6.27. The van der Waals surface area contributed by atoms with Gasteiger partial charge in [-0.25, -0.2) is 0 Å². The fraction of sp³-hybridized carbons (Fsp3) is 0.182. The highest BCUT2D eigenvalue weighted by Crippen LogP contribution is 1.96. The summed E-state index contributed by atoms with van der Waals surface area (Å²) < 4.78 is 0. The highest BCUT2D eigenvalue weighted by Gasteiger charge is 2.01. The maximum absolute atomic E-state index is 11.2. The summed E-state index contributed by atoms with van der Waals surface area (Å²) in [4.78, 5) is 11.2. The van der Waals surface area contributed by atoms with Crippen molar-refractivity contribution in [2.75, 3.05) is 13.2 Å². The highest BCUT2D eigenvalue weighted by atomic mass is 16.3. The number of hydrogen-bond acceptors (Lipinski definition) is 2. The summed E-state index contributed by atoms with van der Waals surface area (Å²) in [5, 5.41) is 11.0. The number of aliphatic hydroxyl groups is 1. The van der Waals surface area contributed by atoms with E-state index in [1.165, 1.54) is 0 Å². The van der Waals surface area contributed by atoms with Crippen LogP contribution in [-0.4, -0.2) is 24.2 Å². The summed E-state index contributed by atoms with van der Waals surface area (Å²) >= 11 is 0. The Morgan fingerprint density at radius 3 is 2.36 bits per heavy atom. The van der Waals surface area contributed by atoms with Gasteiger partial charge in [-0.15, -0.1) is 13.2 Å². The standard InChI is InChI=1S/C9H11NO2.C2H4/c11-7-6-10-9(12)8-4-2-1-3-5-8;1-2/h1-5,11H,6-7H2,(H,10,12);1-2H2. The number of nitrogens with one attached hydrogen (secondary N) is 1. The van der Waals surface area contributed by atoms with E-state index in [2.05, 4.69) is 18.5 Å². The Morgan fingerprint density at radius 1 is 1.29 bits per heavy atom. The molecule has 0 aliphatic heterocycles. The van der Waals surface area contributed by atoms with E-state index in [0.717, 1.165) is 0 Å². The van der Waals surface area contributed by atoms with Crippen molar-refractivity contribution in [3.8, 4) is 0 Å². The molecule has 3 nitrogen and oxygen atoms in total. The summed E-state index contributed by atoms with van der Waals surface area (Å²) in [5.74, 6) is -0.148. The summed E-state index contributed by atoms with van der Waals surface area (Å²) in [7, 11) is 0. The van der Waals surface area contributed by atoms with E-state index < -0.39 is 0 Å². The molecule has 0 fully saturated rings. The molecule has 0 aliphatic carbocycles. The maximum atomic E-state index is 11.2. The third-order valence-corrected chi connectivity index (χ3v) is 1.43. The molecule has 0 heterocycles. The van der Waals surface area contributed by atoms with Gasteiger partial charge in [0.2, 0.25) is 0 Å². The second-order valence-electron chi connectivity index (χ2n) is 2.35. The van der Waals surface area contributed by atoms with Gasteiger partial charge in [-0.2, -0.15) is 0 Å². The van der Waals surface area contributed by atoms with E-state index in [9.17, 15) is 4.79 Å². The van der Waals surface area contributed by atoms with Crippen LogP contribution in [-0.2, 0) is 0 Å². The first-order valence-electron chi connectivity index (χ1n) is 4.28. The van der Waals surface area contributed by atoms with Crippen molar-refractivity contribution in [2.45, 2.75) is 0 Å². The van der Waals surface area contributed by atoms with Crippen LogP contribution in [0.25, 0.3) is 0 Å². The summed E-state index contributed by atoms with van der Waals surface area (Å²) in [5.41, 5.74) is 0.617. The topological polar surface area (TPSA) is 49.3 Å². The average molecular weight is 193 g/mol. The minimum atomic E-state index is -0.148. The van der Waals surface area contributed by atoms with Gasteiger partial charge in [0.25, 0.3) is 5.91 Å². The van der Waals surface area contributed by atoms with Gasteiger partial charge < -0.3 is 10.4 Å².